The number of benzene rings is 1. The monoisotopic (exact) mass is 311 g/mol. The molecular formula is C12H11BrFN3O. The maximum absolute atomic E-state index is 13.9. The standard InChI is InChI=1S/C12H11BrFN3O/c1-17-5-4-9(12(17)18)16-8-3-2-7(6-15)10(13)11(8)14/h2-3,9,16H,4-5H2,1H3. The van der Waals surface area contributed by atoms with E-state index in [1.165, 1.54) is 12.1 Å². The van der Waals surface area contributed by atoms with Crippen LogP contribution in [0.25, 0.3) is 0 Å². The third-order valence-corrected chi connectivity index (χ3v) is 3.74. The zero-order valence-corrected chi connectivity index (χ0v) is 11.3. The summed E-state index contributed by atoms with van der Waals surface area (Å²) >= 11 is 3.03. The minimum absolute atomic E-state index is 0.0464. The summed E-state index contributed by atoms with van der Waals surface area (Å²) in [6, 6.07) is 4.47. The van der Waals surface area contributed by atoms with Gasteiger partial charge in [-0.2, -0.15) is 5.26 Å². The number of likely N-dealkylation sites (tertiary alicyclic amines) is 1. The topological polar surface area (TPSA) is 56.1 Å². The third kappa shape index (κ3) is 2.18. The summed E-state index contributed by atoms with van der Waals surface area (Å²) < 4.78 is 14.1. The number of amides is 1. The molecule has 1 amide bonds. The molecular weight excluding hydrogens is 301 g/mol. The Morgan fingerprint density at radius 1 is 1.61 bits per heavy atom. The molecule has 1 heterocycles. The van der Waals surface area contributed by atoms with Crippen molar-refractivity contribution in [2.45, 2.75) is 12.5 Å². The van der Waals surface area contributed by atoms with Crippen molar-refractivity contribution >= 4 is 27.5 Å². The van der Waals surface area contributed by atoms with Gasteiger partial charge in [0.2, 0.25) is 5.91 Å². The van der Waals surface area contributed by atoms with E-state index in [-0.39, 0.29) is 21.6 Å². The Bertz CT molecular complexity index is 541. The lowest BCUT2D eigenvalue weighted by Crippen LogP contribution is -2.31. The summed E-state index contributed by atoms with van der Waals surface area (Å²) in [5, 5.41) is 11.6. The molecule has 0 radical (unpaired) electrons. The number of rotatable bonds is 2. The molecule has 1 aliphatic heterocycles. The van der Waals surface area contributed by atoms with Gasteiger partial charge in [0.05, 0.1) is 15.7 Å². The lowest BCUT2D eigenvalue weighted by Gasteiger charge is -2.14. The van der Waals surface area contributed by atoms with E-state index in [0.29, 0.717) is 13.0 Å². The molecule has 18 heavy (non-hydrogen) atoms. The summed E-state index contributed by atoms with van der Waals surface area (Å²) in [5.74, 6) is -0.591. The van der Waals surface area contributed by atoms with Crippen LogP contribution in [0.5, 0.6) is 0 Å². The summed E-state index contributed by atoms with van der Waals surface area (Å²) in [4.78, 5) is 13.3. The highest BCUT2D eigenvalue weighted by atomic mass is 79.9. The Balaban J connectivity index is 2.24. The van der Waals surface area contributed by atoms with E-state index in [1.54, 1.807) is 11.9 Å². The number of carbonyl (C=O) groups excluding carboxylic acids is 1. The van der Waals surface area contributed by atoms with Crippen LogP contribution in [0.4, 0.5) is 10.1 Å². The number of nitrogens with zero attached hydrogens (tertiary/aromatic N) is 2. The normalized spacial score (nSPS) is 18.9. The van der Waals surface area contributed by atoms with Crippen LogP contribution in [0.2, 0.25) is 0 Å². The molecule has 0 aliphatic carbocycles. The van der Waals surface area contributed by atoms with Gasteiger partial charge in [0.25, 0.3) is 0 Å². The van der Waals surface area contributed by atoms with Crippen LogP contribution in [0.1, 0.15) is 12.0 Å². The van der Waals surface area contributed by atoms with E-state index >= 15 is 0 Å². The van der Waals surface area contributed by atoms with Crippen molar-refractivity contribution in [1.29, 1.82) is 5.26 Å². The molecule has 2 rings (SSSR count). The Morgan fingerprint density at radius 2 is 2.33 bits per heavy atom. The van der Waals surface area contributed by atoms with Crippen LogP contribution in [-0.2, 0) is 4.79 Å². The second kappa shape index (κ2) is 4.94. The smallest absolute Gasteiger partial charge is 0.244 e. The van der Waals surface area contributed by atoms with Gasteiger partial charge >= 0.3 is 0 Å². The van der Waals surface area contributed by atoms with Gasteiger partial charge in [-0.1, -0.05) is 0 Å². The molecule has 94 valence electrons. The van der Waals surface area contributed by atoms with Gasteiger partial charge in [-0.25, -0.2) is 4.39 Å². The maximum atomic E-state index is 13.9. The van der Waals surface area contributed by atoms with Gasteiger partial charge in [0.1, 0.15) is 12.1 Å². The molecule has 1 unspecified atom stereocenters. The van der Waals surface area contributed by atoms with Gasteiger partial charge in [-0.05, 0) is 34.5 Å². The molecule has 4 nitrogen and oxygen atoms in total. The van der Waals surface area contributed by atoms with Gasteiger partial charge in [-0.3, -0.25) is 4.79 Å². The molecule has 0 saturated carbocycles. The van der Waals surface area contributed by atoms with Crippen molar-refractivity contribution in [3.63, 3.8) is 0 Å². The van der Waals surface area contributed by atoms with Crippen molar-refractivity contribution in [2.75, 3.05) is 18.9 Å². The predicted octanol–water partition coefficient (Wildman–Crippen LogP) is 2.10. The number of anilines is 1. The fraction of sp³-hybridized carbons (Fsp3) is 0.333. The Kier molecular flexibility index (Phi) is 3.53. The third-order valence-electron chi connectivity index (χ3n) is 2.96. The first-order valence-corrected chi connectivity index (χ1v) is 6.23. The number of likely N-dealkylation sites (N-methyl/N-ethyl adjacent to an activating group) is 1. The summed E-state index contributed by atoms with van der Waals surface area (Å²) in [6.07, 6.45) is 0.645. The van der Waals surface area contributed by atoms with E-state index in [4.69, 9.17) is 5.26 Å². The fourth-order valence-corrected chi connectivity index (χ4v) is 2.33. The maximum Gasteiger partial charge on any atom is 0.244 e. The van der Waals surface area contributed by atoms with E-state index < -0.39 is 11.9 Å². The fourth-order valence-electron chi connectivity index (χ4n) is 1.89. The minimum Gasteiger partial charge on any atom is -0.371 e. The molecule has 0 bridgehead atoms. The number of hydrogen-bond donors (Lipinski definition) is 1. The van der Waals surface area contributed by atoms with Crippen LogP contribution in [0.3, 0.4) is 0 Å². The average molecular weight is 312 g/mol. The summed E-state index contributed by atoms with van der Waals surface area (Å²) in [6.45, 7) is 0.662. The van der Waals surface area contributed by atoms with Gasteiger partial charge in [0, 0.05) is 13.6 Å². The molecule has 1 aliphatic rings. The quantitative estimate of drug-likeness (QED) is 0.910. The van der Waals surface area contributed by atoms with Crippen LogP contribution in [-0.4, -0.2) is 30.4 Å². The molecule has 1 aromatic carbocycles. The first kappa shape index (κ1) is 12.8. The second-order valence-corrected chi connectivity index (χ2v) is 4.94. The first-order chi connectivity index (χ1) is 8.54. The average Bonchev–Trinajstić information content (AvgIpc) is 2.67. The van der Waals surface area contributed by atoms with Crippen LogP contribution in [0, 0.1) is 17.1 Å². The zero-order valence-electron chi connectivity index (χ0n) is 9.70. The highest BCUT2D eigenvalue weighted by molar-refractivity contribution is 9.10. The molecule has 1 saturated heterocycles. The van der Waals surface area contributed by atoms with Crippen molar-refractivity contribution in [1.82, 2.24) is 4.90 Å². The molecule has 0 aromatic heterocycles. The molecule has 1 aromatic rings. The Labute approximate surface area is 113 Å². The van der Waals surface area contributed by atoms with Crippen molar-refractivity contribution in [3.8, 4) is 6.07 Å². The Hall–Kier alpha value is -1.61. The molecule has 1 fully saturated rings. The summed E-state index contributed by atoms with van der Waals surface area (Å²) in [5.41, 5.74) is 0.461. The van der Waals surface area contributed by atoms with Crippen molar-refractivity contribution in [2.24, 2.45) is 0 Å². The van der Waals surface area contributed by atoms with E-state index in [1.807, 2.05) is 6.07 Å². The van der Waals surface area contributed by atoms with E-state index in [2.05, 4.69) is 21.2 Å². The predicted molar refractivity (Wildman–Crippen MR) is 68.5 cm³/mol. The second-order valence-electron chi connectivity index (χ2n) is 4.15. The number of halogens is 2. The number of hydrogen-bond acceptors (Lipinski definition) is 3. The van der Waals surface area contributed by atoms with E-state index in [0.717, 1.165) is 0 Å². The van der Waals surface area contributed by atoms with Gasteiger partial charge in [-0.15, -0.1) is 0 Å². The SMILES string of the molecule is CN1CCC(Nc2ccc(C#N)c(Br)c2F)C1=O. The number of nitriles is 1. The highest BCUT2D eigenvalue weighted by Gasteiger charge is 2.29. The molecule has 6 heteroatoms. The van der Waals surface area contributed by atoms with Gasteiger partial charge in [0.15, 0.2) is 5.82 Å². The molecule has 0 spiro atoms. The Morgan fingerprint density at radius 3 is 2.89 bits per heavy atom. The van der Waals surface area contributed by atoms with Crippen LogP contribution >= 0.6 is 15.9 Å². The lowest BCUT2D eigenvalue weighted by atomic mass is 10.2. The number of nitrogens with one attached hydrogen (secondary N) is 1. The summed E-state index contributed by atoms with van der Waals surface area (Å²) in [7, 11) is 1.72. The van der Waals surface area contributed by atoms with Crippen LogP contribution < -0.4 is 5.32 Å². The van der Waals surface area contributed by atoms with Crippen molar-refractivity contribution in [3.05, 3.63) is 28.0 Å². The zero-order chi connectivity index (χ0) is 13.3. The lowest BCUT2D eigenvalue weighted by molar-refractivity contribution is -0.127. The molecule has 1 N–H and O–H groups in total. The highest BCUT2D eigenvalue weighted by Crippen LogP contribution is 2.28. The first-order valence-electron chi connectivity index (χ1n) is 5.44. The largest absolute Gasteiger partial charge is 0.371 e. The van der Waals surface area contributed by atoms with Crippen molar-refractivity contribution < 1.29 is 9.18 Å². The van der Waals surface area contributed by atoms with Crippen LogP contribution in [0.15, 0.2) is 16.6 Å². The van der Waals surface area contributed by atoms with E-state index in [9.17, 15) is 9.18 Å². The van der Waals surface area contributed by atoms with Gasteiger partial charge < -0.3 is 10.2 Å². The minimum atomic E-state index is -0.545. The molecule has 1 atom stereocenters. The number of carbonyl (C=O) groups is 1.